The van der Waals surface area contributed by atoms with Crippen molar-refractivity contribution in [3.05, 3.63) is 47.3 Å². The van der Waals surface area contributed by atoms with Gasteiger partial charge in [-0.3, -0.25) is 4.79 Å². The third-order valence-electron chi connectivity index (χ3n) is 5.28. The number of aromatic nitrogens is 2. The molecule has 9 nitrogen and oxygen atoms in total. The molecule has 11 heteroatoms. The standard InChI is InChI=1S/C24H28F2N6O3/c1-15-5-6-18(29-19-11-16(12-27)8-10-28-19)30-20(15)21(33)32-14-24(25,26)9-7-17(32)13-35-22(34)31-23(2,3)4/h5-6,8,10-11,17H,7,9,13-14H2,1-4H3,(H,31,34)(H,28,29,30)/t17-/m1/s1. The second kappa shape index (κ2) is 10.2. The number of pyridine rings is 2. The molecule has 1 fully saturated rings. The second-order valence-electron chi connectivity index (χ2n) is 9.48. The Balaban J connectivity index is 1.81. The Kier molecular flexibility index (Phi) is 7.53. The number of carbonyl (C=O) groups is 2. The van der Waals surface area contributed by atoms with Crippen LogP contribution in [0.3, 0.4) is 0 Å². The summed E-state index contributed by atoms with van der Waals surface area (Å²) >= 11 is 0. The molecule has 2 aromatic rings. The number of likely N-dealkylation sites (tertiary alicyclic amines) is 1. The van der Waals surface area contributed by atoms with Gasteiger partial charge in [0, 0.05) is 18.2 Å². The van der Waals surface area contributed by atoms with Crippen molar-refractivity contribution in [3.8, 4) is 6.07 Å². The van der Waals surface area contributed by atoms with Gasteiger partial charge < -0.3 is 20.3 Å². The molecule has 0 radical (unpaired) electrons. The van der Waals surface area contributed by atoms with Crippen LogP contribution in [-0.2, 0) is 4.74 Å². The highest BCUT2D eigenvalue weighted by atomic mass is 19.3. The van der Waals surface area contributed by atoms with Crippen molar-refractivity contribution in [3.63, 3.8) is 0 Å². The number of aryl methyl sites for hydroxylation is 1. The van der Waals surface area contributed by atoms with Gasteiger partial charge in [-0.15, -0.1) is 0 Å². The fourth-order valence-electron chi connectivity index (χ4n) is 3.57. The molecule has 1 aliphatic rings. The molecule has 0 spiro atoms. The van der Waals surface area contributed by atoms with Crippen LogP contribution in [0.15, 0.2) is 30.5 Å². The molecule has 1 atom stereocenters. The van der Waals surface area contributed by atoms with E-state index >= 15 is 0 Å². The molecule has 1 saturated heterocycles. The highest BCUT2D eigenvalue weighted by Gasteiger charge is 2.43. The molecule has 3 heterocycles. The minimum Gasteiger partial charge on any atom is -0.447 e. The first-order valence-electron chi connectivity index (χ1n) is 11.1. The van der Waals surface area contributed by atoms with Crippen molar-refractivity contribution in [1.82, 2.24) is 20.2 Å². The van der Waals surface area contributed by atoms with Gasteiger partial charge in [-0.2, -0.15) is 5.26 Å². The van der Waals surface area contributed by atoms with Crippen molar-refractivity contribution in [2.75, 3.05) is 18.5 Å². The van der Waals surface area contributed by atoms with Crippen LogP contribution >= 0.6 is 0 Å². The Bertz CT molecular complexity index is 1140. The Morgan fingerprint density at radius 1 is 1.29 bits per heavy atom. The van der Waals surface area contributed by atoms with Gasteiger partial charge in [0.15, 0.2) is 0 Å². The van der Waals surface area contributed by atoms with E-state index in [4.69, 9.17) is 10.00 Å². The molecule has 2 N–H and O–H groups in total. The van der Waals surface area contributed by atoms with Crippen molar-refractivity contribution >= 4 is 23.6 Å². The lowest BCUT2D eigenvalue weighted by Gasteiger charge is -2.39. The van der Waals surface area contributed by atoms with Crippen molar-refractivity contribution < 1.29 is 23.1 Å². The zero-order valence-corrected chi connectivity index (χ0v) is 20.1. The van der Waals surface area contributed by atoms with Gasteiger partial charge in [-0.05, 0) is 57.9 Å². The van der Waals surface area contributed by atoms with E-state index in [0.717, 1.165) is 4.90 Å². The maximum atomic E-state index is 14.3. The van der Waals surface area contributed by atoms with Gasteiger partial charge in [-0.1, -0.05) is 6.07 Å². The Hall–Kier alpha value is -3.81. The van der Waals surface area contributed by atoms with E-state index in [1.807, 2.05) is 6.07 Å². The Morgan fingerprint density at radius 3 is 2.71 bits per heavy atom. The average Bonchev–Trinajstić information content (AvgIpc) is 2.77. The number of ether oxygens (including phenoxy) is 1. The van der Waals surface area contributed by atoms with Crippen molar-refractivity contribution in [2.24, 2.45) is 0 Å². The number of piperidine rings is 1. The minimum absolute atomic E-state index is 0.00622. The number of alkyl carbamates (subject to hydrolysis) is 1. The summed E-state index contributed by atoms with van der Waals surface area (Å²) in [6.07, 6.45) is 0.330. The lowest BCUT2D eigenvalue weighted by atomic mass is 9.98. The smallest absolute Gasteiger partial charge is 0.407 e. The molecular weight excluding hydrogens is 458 g/mol. The maximum absolute atomic E-state index is 14.3. The Labute approximate surface area is 202 Å². The lowest BCUT2D eigenvalue weighted by Crippen LogP contribution is -2.54. The lowest BCUT2D eigenvalue weighted by molar-refractivity contribution is -0.0792. The number of nitrogens with zero attached hydrogens (tertiary/aromatic N) is 4. The summed E-state index contributed by atoms with van der Waals surface area (Å²) in [7, 11) is 0. The van der Waals surface area contributed by atoms with Crippen molar-refractivity contribution in [2.45, 2.75) is 58.0 Å². The fraction of sp³-hybridized carbons (Fsp3) is 0.458. The summed E-state index contributed by atoms with van der Waals surface area (Å²) in [6, 6.07) is 7.61. The molecule has 0 bridgehead atoms. The van der Waals surface area contributed by atoms with E-state index in [2.05, 4.69) is 20.6 Å². The number of alkyl halides is 2. The third kappa shape index (κ3) is 7.09. The van der Waals surface area contributed by atoms with E-state index in [0.29, 0.717) is 16.9 Å². The largest absolute Gasteiger partial charge is 0.447 e. The monoisotopic (exact) mass is 486 g/mol. The van der Waals surface area contributed by atoms with E-state index in [1.54, 1.807) is 45.9 Å². The first-order valence-corrected chi connectivity index (χ1v) is 11.1. The number of hydrogen-bond donors (Lipinski definition) is 2. The predicted molar refractivity (Wildman–Crippen MR) is 124 cm³/mol. The fourth-order valence-corrected chi connectivity index (χ4v) is 3.57. The molecule has 186 valence electrons. The molecule has 2 amide bonds. The second-order valence-corrected chi connectivity index (χ2v) is 9.48. The highest BCUT2D eigenvalue weighted by Crippen LogP contribution is 2.32. The molecular formula is C24H28F2N6O3. The number of rotatable bonds is 5. The molecule has 3 rings (SSSR count). The summed E-state index contributed by atoms with van der Waals surface area (Å²) in [5, 5.41) is 14.6. The maximum Gasteiger partial charge on any atom is 0.407 e. The van der Waals surface area contributed by atoms with Crippen LogP contribution in [0.1, 0.15) is 55.2 Å². The van der Waals surface area contributed by atoms with Crippen molar-refractivity contribution in [1.29, 1.82) is 5.26 Å². The minimum atomic E-state index is -3.06. The normalized spacial score (nSPS) is 17.3. The van der Waals surface area contributed by atoms with Gasteiger partial charge in [0.05, 0.1) is 24.2 Å². The van der Waals surface area contributed by atoms with E-state index < -0.39 is 42.5 Å². The number of nitrogens with one attached hydrogen (secondary N) is 2. The molecule has 0 saturated carbocycles. The summed E-state index contributed by atoms with van der Waals surface area (Å²) in [5.41, 5.74) is 0.355. The van der Waals surface area contributed by atoms with E-state index in [1.165, 1.54) is 12.3 Å². The average molecular weight is 487 g/mol. The zero-order chi connectivity index (χ0) is 25.8. The molecule has 2 aromatic heterocycles. The molecule has 35 heavy (non-hydrogen) atoms. The van der Waals surface area contributed by atoms with Gasteiger partial charge in [0.1, 0.15) is 23.9 Å². The van der Waals surface area contributed by atoms with Crippen LogP contribution in [0.4, 0.5) is 25.2 Å². The first kappa shape index (κ1) is 25.8. The van der Waals surface area contributed by atoms with Crippen LogP contribution < -0.4 is 10.6 Å². The van der Waals surface area contributed by atoms with E-state index in [9.17, 15) is 18.4 Å². The summed E-state index contributed by atoms with van der Waals surface area (Å²) in [6.45, 7) is 5.99. The topological polar surface area (TPSA) is 120 Å². The first-order chi connectivity index (χ1) is 16.4. The van der Waals surface area contributed by atoms with Crippen LogP contribution in [0.2, 0.25) is 0 Å². The molecule has 0 aromatic carbocycles. The SMILES string of the molecule is Cc1ccc(Nc2cc(C#N)ccn2)nc1C(=O)N1CC(F)(F)CC[C@@H]1COC(=O)NC(C)(C)C. The number of hydrogen-bond acceptors (Lipinski definition) is 7. The van der Waals surface area contributed by atoms with Gasteiger partial charge in [-0.25, -0.2) is 23.5 Å². The quantitative estimate of drug-likeness (QED) is 0.651. The van der Waals surface area contributed by atoms with Crippen LogP contribution in [0.25, 0.3) is 0 Å². The van der Waals surface area contributed by atoms with E-state index in [-0.39, 0.29) is 24.5 Å². The van der Waals surface area contributed by atoms with Gasteiger partial charge in [0.25, 0.3) is 11.8 Å². The Morgan fingerprint density at radius 2 is 2.03 bits per heavy atom. The number of carbonyl (C=O) groups excluding carboxylic acids is 2. The van der Waals surface area contributed by atoms with Gasteiger partial charge >= 0.3 is 6.09 Å². The number of amides is 2. The predicted octanol–water partition coefficient (Wildman–Crippen LogP) is 4.16. The van der Waals surface area contributed by atoms with Crippen LogP contribution in [0, 0.1) is 18.3 Å². The zero-order valence-electron chi connectivity index (χ0n) is 20.1. The molecule has 0 aliphatic carbocycles. The third-order valence-corrected chi connectivity index (χ3v) is 5.28. The molecule has 0 unspecified atom stereocenters. The van der Waals surface area contributed by atoms with Gasteiger partial charge in [0.2, 0.25) is 0 Å². The molecule has 1 aliphatic heterocycles. The highest BCUT2D eigenvalue weighted by molar-refractivity contribution is 5.94. The van der Waals surface area contributed by atoms with Crippen LogP contribution in [0.5, 0.6) is 0 Å². The number of halogens is 2. The number of anilines is 2. The summed E-state index contributed by atoms with van der Waals surface area (Å²) in [5.74, 6) is -3.14. The summed E-state index contributed by atoms with van der Waals surface area (Å²) < 4.78 is 33.8. The summed E-state index contributed by atoms with van der Waals surface area (Å²) in [4.78, 5) is 34.9. The number of nitriles is 1. The van der Waals surface area contributed by atoms with Crippen LogP contribution in [-0.4, -0.2) is 57.5 Å².